The maximum atomic E-state index is 13.1. The second-order valence-electron chi connectivity index (χ2n) is 4.63. The van der Waals surface area contributed by atoms with Crippen molar-refractivity contribution in [3.8, 4) is 0 Å². The summed E-state index contributed by atoms with van der Waals surface area (Å²) < 4.78 is 14.0. The van der Waals surface area contributed by atoms with Crippen LogP contribution in [-0.4, -0.2) is 10.2 Å². The predicted octanol–water partition coefficient (Wildman–Crippen LogP) is 4.58. The van der Waals surface area contributed by atoms with Gasteiger partial charge in [0.1, 0.15) is 5.82 Å². The first kappa shape index (κ1) is 15.0. The Bertz CT molecular complexity index is 731. The topological polar surface area (TPSA) is 37.8 Å². The summed E-state index contributed by atoms with van der Waals surface area (Å²) in [5.74, 6) is 0.478. The number of nitrogens with zero attached hydrogens (tertiary/aromatic N) is 2. The van der Waals surface area contributed by atoms with E-state index in [2.05, 4.69) is 27.6 Å². The average Bonchev–Trinajstić information content (AvgIpc) is 3.00. The zero-order chi connectivity index (χ0) is 15.2. The van der Waals surface area contributed by atoms with Crippen molar-refractivity contribution in [3.05, 3.63) is 71.5 Å². The van der Waals surface area contributed by atoms with E-state index >= 15 is 0 Å². The summed E-state index contributed by atoms with van der Waals surface area (Å²) in [6.07, 6.45) is 0. The Morgan fingerprint density at radius 2 is 1.82 bits per heavy atom. The van der Waals surface area contributed by atoms with Gasteiger partial charge in [-0.25, -0.2) is 4.39 Å². The van der Waals surface area contributed by atoms with Gasteiger partial charge in [0, 0.05) is 12.3 Å². The highest BCUT2D eigenvalue weighted by atomic mass is 32.2. The van der Waals surface area contributed by atoms with E-state index in [0.717, 1.165) is 21.6 Å². The fraction of sp³-hybridized carbons (Fsp3) is 0.125. The lowest BCUT2D eigenvalue weighted by Crippen LogP contribution is -1.98. The Hall–Kier alpha value is -1.92. The summed E-state index contributed by atoms with van der Waals surface area (Å²) in [4.78, 5) is 0. The first-order chi connectivity index (χ1) is 10.8. The van der Waals surface area contributed by atoms with Gasteiger partial charge in [-0.05, 0) is 23.3 Å². The van der Waals surface area contributed by atoms with E-state index in [-0.39, 0.29) is 5.82 Å². The third-order valence-electron chi connectivity index (χ3n) is 2.94. The van der Waals surface area contributed by atoms with Crippen molar-refractivity contribution in [1.29, 1.82) is 0 Å². The van der Waals surface area contributed by atoms with E-state index in [1.165, 1.54) is 23.0 Å². The van der Waals surface area contributed by atoms with Crippen molar-refractivity contribution >= 4 is 28.2 Å². The van der Waals surface area contributed by atoms with Gasteiger partial charge in [0.05, 0.1) is 0 Å². The molecule has 3 aromatic rings. The summed E-state index contributed by atoms with van der Waals surface area (Å²) in [7, 11) is 0. The van der Waals surface area contributed by atoms with E-state index in [4.69, 9.17) is 0 Å². The van der Waals surface area contributed by atoms with E-state index in [0.29, 0.717) is 5.75 Å². The van der Waals surface area contributed by atoms with Crippen LogP contribution in [0.2, 0.25) is 0 Å². The fourth-order valence-electron chi connectivity index (χ4n) is 1.88. The molecule has 0 unspecified atom stereocenters. The number of nitrogens with one attached hydrogen (secondary N) is 1. The standard InChI is InChI=1S/C16H14FN3S2/c17-14-8-4-7-13(9-14)11-21-16-20-19-15(22-16)18-10-12-5-2-1-3-6-12/h1-9H,10-11H2,(H,18,19). The fourth-order valence-corrected chi connectivity index (χ4v) is 3.58. The number of thioether (sulfide) groups is 1. The number of rotatable bonds is 6. The van der Waals surface area contributed by atoms with Gasteiger partial charge < -0.3 is 5.32 Å². The molecule has 0 spiro atoms. The minimum atomic E-state index is -0.208. The molecule has 0 saturated heterocycles. The quantitative estimate of drug-likeness (QED) is 0.671. The van der Waals surface area contributed by atoms with Crippen LogP contribution < -0.4 is 5.32 Å². The highest BCUT2D eigenvalue weighted by Crippen LogP contribution is 2.28. The smallest absolute Gasteiger partial charge is 0.206 e. The third-order valence-corrected chi connectivity index (χ3v) is 5.03. The van der Waals surface area contributed by atoms with Crippen LogP contribution in [0, 0.1) is 5.82 Å². The Morgan fingerprint density at radius 1 is 1.00 bits per heavy atom. The zero-order valence-corrected chi connectivity index (χ0v) is 13.3. The average molecular weight is 331 g/mol. The summed E-state index contributed by atoms with van der Waals surface area (Å²) in [5.41, 5.74) is 2.14. The Labute approximate surface area is 136 Å². The number of halogens is 1. The van der Waals surface area contributed by atoms with E-state index in [1.807, 2.05) is 24.3 Å². The number of benzene rings is 2. The molecule has 112 valence electrons. The second kappa shape index (κ2) is 7.38. The first-order valence-corrected chi connectivity index (χ1v) is 8.58. The molecule has 0 amide bonds. The highest BCUT2D eigenvalue weighted by Gasteiger charge is 2.05. The molecule has 0 atom stereocenters. The Kier molecular flexibility index (Phi) is 5.03. The molecule has 0 bridgehead atoms. The van der Waals surface area contributed by atoms with Crippen molar-refractivity contribution < 1.29 is 4.39 Å². The minimum absolute atomic E-state index is 0.208. The normalized spacial score (nSPS) is 10.6. The molecule has 22 heavy (non-hydrogen) atoms. The van der Waals surface area contributed by atoms with Gasteiger partial charge in [0.15, 0.2) is 4.34 Å². The van der Waals surface area contributed by atoms with E-state index < -0.39 is 0 Å². The van der Waals surface area contributed by atoms with Gasteiger partial charge in [-0.15, -0.1) is 10.2 Å². The molecular formula is C16H14FN3S2. The molecule has 0 aliphatic rings. The molecule has 6 heteroatoms. The monoisotopic (exact) mass is 331 g/mol. The van der Waals surface area contributed by atoms with Crippen LogP contribution in [0.3, 0.4) is 0 Å². The first-order valence-electron chi connectivity index (χ1n) is 6.78. The van der Waals surface area contributed by atoms with Crippen molar-refractivity contribution in [1.82, 2.24) is 10.2 Å². The van der Waals surface area contributed by atoms with Crippen LogP contribution in [-0.2, 0) is 12.3 Å². The van der Waals surface area contributed by atoms with Crippen molar-refractivity contribution in [2.24, 2.45) is 0 Å². The van der Waals surface area contributed by atoms with Gasteiger partial charge in [0.2, 0.25) is 5.13 Å². The van der Waals surface area contributed by atoms with Gasteiger partial charge >= 0.3 is 0 Å². The maximum absolute atomic E-state index is 13.1. The molecule has 1 N–H and O–H groups in total. The Balaban J connectivity index is 1.53. The second-order valence-corrected chi connectivity index (χ2v) is 6.83. The lowest BCUT2D eigenvalue weighted by Gasteiger charge is -2.01. The molecule has 0 fully saturated rings. The molecule has 1 heterocycles. The van der Waals surface area contributed by atoms with E-state index in [9.17, 15) is 4.39 Å². The van der Waals surface area contributed by atoms with Gasteiger partial charge in [0.25, 0.3) is 0 Å². The molecule has 3 nitrogen and oxygen atoms in total. The third kappa shape index (κ3) is 4.29. The van der Waals surface area contributed by atoms with Crippen molar-refractivity contribution in [3.63, 3.8) is 0 Å². The van der Waals surface area contributed by atoms with Crippen molar-refractivity contribution in [2.45, 2.75) is 16.6 Å². The summed E-state index contributed by atoms with van der Waals surface area (Å²) >= 11 is 3.07. The number of anilines is 1. The zero-order valence-electron chi connectivity index (χ0n) is 11.7. The number of hydrogen-bond donors (Lipinski definition) is 1. The molecule has 0 aliphatic heterocycles. The predicted molar refractivity (Wildman–Crippen MR) is 89.6 cm³/mol. The van der Waals surface area contributed by atoms with Crippen LogP contribution >= 0.6 is 23.1 Å². The molecule has 0 radical (unpaired) electrons. The van der Waals surface area contributed by atoms with Gasteiger partial charge in [-0.1, -0.05) is 65.6 Å². The van der Waals surface area contributed by atoms with Crippen LogP contribution in [0.4, 0.5) is 9.52 Å². The largest absolute Gasteiger partial charge is 0.356 e. The number of aromatic nitrogens is 2. The van der Waals surface area contributed by atoms with E-state index in [1.54, 1.807) is 23.9 Å². The molecule has 2 aromatic carbocycles. The summed E-state index contributed by atoms with van der Waals surface area (Å²) in [6.45, 7) is 0.726. The molecule has 3 rings (SSSR count). The molecular weight excluding hydrogens is 317 g/mol. The van der Waals surface area contributed by atoms with Crippen LogP contribution in [0.25, 0.3) is 0 Å². The molecule has 0 saturated carbocycles. The maximum Gasteiger partial charge on any atom is 0.206 e. The molecule has 0 aliphatic carbocycles. The molecule has 1 aromatic heterocycles. The van der Waals surface area contributed by atoms with Gasteiger partial charge in [-0.2, -0.15) is 0 Å². The number of hydrogen-bond acceptors (Lipinski definition) is 5. The summed E-state index contributed by atoms with van der Waals surface area (Å²) in [6, 6.07) is 16.8. The minimum Gasteiger partial charge on any atom is -0.356 e. The summed E-state index contributed by atoms with van der Waals surface area (Å²) in [5, 5.41) is 12.3. The van der Waals surface area contributed by atoms with Crippen LogP contribution in [0.5, 0.6) is 0 Å². The lowest BCUT2D eigenvalue weighted by atomic mass is 10.2. The van der Waals surface area contributed by atoms with Crippen molar-refractivity contribution in [2.75, 3.05) is 5.32 Å². The SMILES string of the molecule is Fc1cccc(CSc2nnc(NCc3ccccc3)s2)c1. The van der Waals surface area contributed by atoms with Gasteiger partial charge in [-0.3, -0.25) is 0 Å². The highest BCUT2D eigenvalue weighted by molar-refractivity contribution is 8.00. The lowest BCUT2D eigenvalue weighted by molar-refractivity contribution is 0.626. The Morgan fingerprint density at radius 3 is 2.64 bits per heavy atom. The van der Waals surface area contributed by atoms with Crippen LogP contribution in [0.15, 0.2) is 58.9 Å². The van der Waals surface area contributed by atoms with Crippen LogP contribution in [0.1, 0.15) is 11.1 Å².